The van der Waals surface area contributed by atoms with Gasteiger partial charge < -0.3 is 5.11 Å². The molecule has 0 aliphatic heterocycles. The summed E-state index contributed by atoms with van der Waals surface area (Å²) in [7, 11) is -3.90. The average Bonchev–Trinajstić information content (AvgIpc) is 2.76. The number of nitrogens with zero attached hydrogens (tertiary/aromatic N) is 2. The van der Waals surface area contributed by atoms with Crippen LogP contribution in [0.15, 0.2) is 29.6 Å². The van der Waals surface area contributed by atoms with Crippen LogP contribution in [0.1, 0.15) is 16.1 Å². The molecule has 100 valence electrons. The van der Waals surface area contributed by atoms with E-state index in [2.05, 4.69) is 19.9 Å². The number of aryl methyl sites for hydroxylation is 1. The summed E-state index contributed by atoms with van der Waals surface area (Å²) < 4.78 is 26.3. The molecule has 0 aliphatic rings. The van der Waals surface area contributed by atoms with Crippen molar-refractivity contribution in [1.82, 2.24) is 15.2 Å². The molecule has 0 aromatic carbocycles. The number of aromatic amines is 1. The summed E-state index contributed by atoms with van der Waals surface area (Å²) in [6.07, 6.45) is 3.55. The molecule has 0 fully saturated rings. The molecule has 2 aromatic heterocycles. The van der Waals surface area contributed by atoms with Crippen LogP contribution in [0, 0.1) is 6.92 Å². The van der Waals surface area contributed by atoms with Gasteiger partial charge in [-0.1, -0.05) is 0 Å². The van der Waals surface area contributed by atoms with Gasteiger partial charge in [0.15, 0.2) is 0 Å². The van der Waals surface area contributed by atoms with Crippen molar-refractivity contribution in [2.75, 3.05) is 4.72 Å². The van der Waals surface area contributed by atoms with Crippen LogP contribution >= 0.6 is 0 Å². The minimum Gasteiger partial charge on any atom is -0.478 e. The van der Waals surface area contributed by atoms with Gasteiger partial charge in [0.25, 0.3) is 10.0 Å². The SMILES string of the molecule is Cc1[nH]ncc1S(=O)(=O)Nc1cnccc1C(=O)O. The van der Waals surface area contributed by atoms with Crippen LogP contribution in [0.25, 0.3) is 0 Å². The summed E-state index contributed by atoms with van der Waals surface area (Å²) >= 11 is 0. The maximum atomic E-state index is 12.1. The van der Waals surface area contributed by atoms with Crippen LogP contribution in [-0.2, 0) is 10.0 Å². The fraction of sp³-hybridized carbons (Fsp3) is 0.100. The lowest BCUT2D eigenvalue weighted by molar-refractivity contribution is 0.0698. The van der Waals surface area contributed by atoms with Crippen LogP contribution in [0.3, 0.4) is 0 Å². The van der Waals surface area contributed by atoms with E-state index in [4.69, 9.17) is 5.11 Å². The van der Waals surface area contributed by atoms with Gasteiger partial charge in [0.05, 0.1) is 29.3 Å². The quantitative estimate of drug-likeness (QED) is 0.754. The molecule has 0 spiro atoms. The van der Waals surface area contributed by atoms with Crippen molar-refractivity contribution in [2.45, 2.75) is 11.8 Å². The number of H-pyrrole nitrogens is 1. The summed E-state index contributed by atoms with van der Waals surface area (Å²) in [6, 6.07) is 1.21. The van der Waals surface area contributed by atoms with Crippen molar-refractivity contribution in [1.29, 1.82) is 0 Å². The number of pyridine rings is 1. The highest BCUT2D eigenvalue weighted by Gasteiger charge is 2.21. The minimum absolute atomic E-state index is 0.0484. The highest BCUT2D eigenvalue weighted by molar-refractivity contribution is 7.92. The molecule has 9 heteroatoms. The topological polar surface area (TPSA) is 125 Å². The van der Waals surface area contributed by atoms with Gasteiger partial charge in [0.2, 0.25) is 0 Å². The van der Waals surface area contributed by atoms with Crippen LogP contribution < -0.4 is 4.72 Å². The van der Waals surface area contributed by atoms with Gasteiger partial charge in [-0.15, -0.1) is 0 Å². The van der Waals surface area contributed by atoms with Crippen LogP contribution in [0.4, 0.5) is 5.69 Å². The van der Waals surface area contributed by atoms with Gasteiger partial charge in [-0.05, 0) is 13.0 Å². The van der Waals surface area contributed by atoms with Crippen molar-refractivity contribution in [3.8, 4) is 0 Å². The van der Waals surface area contributed by atoms with Crippen LogP contribution in [-0.4, -0.2) is 34.7 Å². The first-order valence-electron chi connectivity index (χ1n) is 5.12. The molecule has 0 bridgehead atoms. The second kappa shape index (κ2) is 4.69. The standard InChI is InChI=1S/C10H10N4O4S/c1-6-9(5-12-13-6)19(17,18)14-8-4-11-3-2-7(8)10(15)16/h2-5,14H,1H3,(H,12,13)(H,15,16). The van der Waals surface area contributed by atoms with Crippen molar-refractivity contribution >= 4 is 21.7 Å². The molecular formula is C10H10N4O4S. The number of carbonyl (C=O) groups is 1. The number of aromatic carboxylic acids is 1. The number of nitrogens with one attached hydrogen (secondary N) is 2. The second-order valence-electron chi connectivity index (χ2n) is 3.69. The average molecular weight is 282 g/mol. The number of carboxylic acid groups (broad SMARTS) is 1. The zero-order valence-corrected chi connectivity index (χ0v) is 10.6. The predicted molar refractivity (Wildman–Crippen MR) is 65.3 cm³/mol. The van der Waals surface area contributed by atoms with Gasteiger partial charge in [-0.3, -0.25) is 14.8 Å². The van der Waals surface area contributed by atoms with Crippen LogP contribution in [0.5, 0.6) is 0 Å². The van der Waals surface area contributed by atoms with E-state index in [1.165, 1.54) is 12.3 Å². The van der Waals surface area contributed by atoms with Gasteiger partial charge in [-0.25, -0.2) is 13.2 Å². The molecule has 8 nitrogen and oxygen atoms in total. The smallest absolute Gasteiger partial charge is 0.337 e. The fourth-order valence-corrected chi connectivity index (χ4v) is 2.67. The molecule has 0 unspecified atom stereocenters. The first-order chi connectivity index (χ1) is 8.92. The Hall–Kier alpha value is -2.42. The summed E-state index contributed by atoms with van der Waals surface area (Å²) in [6.45, 7) is 1.54. The van der Waals surface area contributed by atoms with E-state index in [1.807, 2.05) is 0 Å². The molecule has 19 heavy (non-hydrogen) atoms. The van der Waals surface area contributed by atoms with Crippen LogP contribution in [0.2, 0.25) is 0 Å². The minimum atomic E-state index is -3.90. The number of carboxylic acids is 1. The lowest BCUT2D eigenvalue weighted by Gasteiger charge is -2.08. The Kier molecular flexibility index (Phi) is 3.21. The van der Waals surface area contributed by atoms with Gasteiger partial charge in [-0.2, -0.15) is 5.10 Å². The maximum absolute atomic E-state index is 12.1. The van der Waals surface area contributed by atoms with Gasteiger partial charge in [0.1, 0.15) is 4.90 Å². The van der Waals surface area contributed by atoms with E-state index in [0.29, 0.717) is 5.69 Å². The predicted octanol–water partition coefficient (Wildman–Crippen LogP) is 0.612. The number of hydrogen-bond donors (Lipinski definition) is 3. The van der Waals surface area contributed by atoms with E-state index in [1.54, 1.807) is 6.92 Å². The molecule has 0 atom stereocenters. The molecule has 2 heterocycles. The van der Waals surface area contributed by atoms with E-state index in [9.17, 15) is 13.2 Å². The lowest BCUT2D eigenvalue weighted by atomic mass is 10.2. The molecule has 2 aromatic rings. The van der Waals surface area contributed by atoms with Crippen molar-refractivity contribution < 1.29 is 18.3 Å². The van der Waals surface area contributed by atoms with Crippen molar-refractivity contribution in [3.63, 3.8) is 0 Å². The molecule has 0 aliphatic carbocycles. The maximum Gasteiger partial charge on any atom is 0.337 e. The summed E-state index contributed by atoms with van der Waals surface area (Å²) in [5.74, 6) is -1.25. The number of rotatable bonds is 4. The first-order valence-corrected chi connectivity index (χ1v) is 6.60. The largest absolute Gasteiger partial charge is 0.478 e. The van der Waals surface area contributed by atoms with E-state index < -0.39 is 16.0 Å². The fourth-order valence-electron chi connectivity index (χ4n) is 1.47. The number of sulfonamides is 1. The normalized spacial score (nSPS) is 11.2. The third kappa shape index (κ3) is 2.55. The van der Waals surface area contributed by atoms with Crippen molar-refractivity contribution in [3.05, 3.63) is 35.9 Å². The molecule has 3 N–H and O–H groups in total. The first kappa shape index (κ1) is 13.0. The molecule has 2 rings (SSSR count). The van der Waals surface area contributed by atoms with E-state index in [0.717, 1.165) is 12.4 Å². The number of anilines is 1. The Morgan fingerprint density at radius 3 is 2.74 bits per heavy atom. The lowest BCUT2D eigenvalue weighted by Crippen LogP contribution is -2.16. The highest BCUT2D eigenvalue weighted by Crippen LogP contribution is 2.20. The van der Waals surface area contributed by atoms with Gasteiger partial charge in [0, 0.05) is 6.20 Å². The Balaban J connectivity index is 2.42. The Bertz CT molecular complexity index is 723. The molecule has 0 amide bonds. The molecule has 0 saturated carbocycles. The molecule has 0 radical (unpaired) electrons. The Morgan fingerprint density at radius 2 is 2.16 bits per heavy atom. The highest BCUT2D eigenvalue weighted by atomic mass is 32.2. The molecule has 0 saturated heterocycles. The van der Waals surface area contributed by atoms with Crippen molar-refractivity contribution in [2.24, 2.45) is 0 Å². The zero-order chi connectivity index (χ0) is 14.0. The molecular weight excluding hydrogens is 272 g/mol. The zero-order valence-electron chi connectivity index (χ0n) is 9.78. The van der Waals surface area contributed by atoms with Gasteiger partial charge >= 0.3 is 5.97 Å². The van der Waals surface area contributed by atoms with E-state index >= 15 is 0 Å². The Morgan fingerprint density at radius 1 is 1.42 bits per heavy atom. The third-order valence-corrected chi connectivity index (χ3v) is 3.85. The second-order valence-corrected chi connectivity index (χ2v) is 5.34. The summed E-state index contributed by atoms with van der Waals surface area (Å²) in [5, 5.41) is 15.1. The number of aromatic nitrogens is 3. The van der Waals surface area contributed by atoms with E-state index in [-0.39, 0.29) is 16.1 Å². The monoisotopic (exact) mass is 282 g/mol. The third-order valence-electron chi connectivity index (χ3n) is 2.37. The summed E-state index contributed by atoms with van der Waals surface area (Å²) in [5.41, 5.74) is 0.0728. The Labute approximate surface area is 108 Å². The summed E-state index contributed by atoms with van der Waals surface area (Å²) in [4.78, 5) is 14.6. The number of hydrogen-bond acceptors (Lipinski definition) is 5.